The van der Waals surface area contributed by atoms with E-state index in [0.29, 0.717) is 13.1 Å². The first-order valence-corrected chi connectivity index (χ1v) is 8.72. The van der Waals surface area contributed by atoms with Crippen LogP contribution in [0.2, 0.25) is 0 Å². The molecule has 1 N–H and O–H groups in total. The van der Waals surface area contributed by atoms with Gasteiger partial charge in [0.15, 0.2) is 6.10 Å². The van der Waals surface area contributed by atoms with Crippen molar-refractivity contribution in [1.82, 2.24) is 14.7 Å². The average molecular weight is 399 g/mol. The predicted octanol–water partition coefficient (Wildman–Crippen LogP) is 2.72. The second kappa shape index (κ2) is 6.77. The molecule has 2 fully saturated rings. The summed E-state index contributed by atoms with van der Waals surface area (Å²) in [6, 6.07) is 7.80. The van der Waals surface area contributed by atoms with Crippen molar-refractivity contribution >= 4 is 6.09 Å². The van der Waals surface area contributed by atoms with E-state index in [9.17, 15) is 22.4 Å². The Morgan fingerprint density at radius 3 is 2.46 bits per heavy atom. The lowest BCUT2D eigenvalue weighted by Crippen LogP contribution is -2.38. The van der Waals surface area contributed by atoms with Gasteiger partial charge in [0.1, 0.15) is 12.4 Å². The molecule has 1 aromatic heterocycles. The maximum atomic E-state index is 13.0. The van der Waals surface area contributed by atoms with E-state index in [-0.39, 0.29) is 23.6 Å². The molecule has 0 radical (unpaired) electrons. The van der Waals surface area contributed by atoms with Crippen LogP contribution in [0.3, 0.4) is 0 Å². The first kappa shape index (κ1) is 18.7. The number of aliphatic hydroxyl groups excluding tert-OH is 1. The molecule has 2 aliphatic rings. The highest BCUT2D eigenvalue weighted by Crippen LogP contribution is 2.57. The number of amides is 1. The van der Waals surface area contributed by atoms with Crippen molar-refractivity contribution in [2.45, 2.75) is 18.2 Å². The molecule has 1 saturated heterocycles. The molecule has 0 spiro atoms. The minimum absolute atomic E-state index is 0.173. The number of aromatic nitrogens is 2. The molecule has 1 aromatic carbocycles. The van der Waals surface area contributed by atoms with E-state index in [2.05, 4.69) is 9.84 Å². The zero-order valence-corrected chi connectivity index (χ0v) is 14.5. The summed E-state index contributed by atoms with van der Waals surface area (Å²) >= 11 is 0. The van der Waals surface area contributed by atoms with Crippen LogP contribution in [0.4, 0.5) is 22.4 Å². The summed E-state index contributed by atoms with van der Waals surface area (Å²) in [5, 5.41) is 13.4. The van der Waals surface area contributed by atoms with E-state index in [1.165, 1.54) is 17.0 Å². The number of nitrogens with zero attached hydrogens (tertiary/aromatic N) is 3. The number of aliphatic hydroxyl groups is 1. The molecule has 10 heteroatoms. The number of carbonyl (C=O) groups is 1. The van der Waals surface area contributed by atoms with Gasteiger partial charge in [-0.05, 0) is 42.2 Å². The Morgan fingerprint density at radius 2 is 1.86 bits per heavy atom. The molecule has 4 rings (SSSR count). The molecule has 6 nitrogen and oxygen atoms in total. The largest absolute Gasteiger partial charge is 0.446 e. The number of ether oxygens (including phenoxy) is 1. The van der Waals surface area contributed by atoms with Crippen LogP contribution in [-0.2, 0) is 4.74 Å². The number of benzene rings is 1. The first-order valence-electron chi connectivity index (χ1n) is 8.72. The van der Waals surface area contributed by atoms with E-state index < -0.39 is 25.0 Å². The van der Waals surface area contributed by atoms with Crippen molar-refractivity contribution in [3.05, 3.63) is 48.0 Å². The van der Waals surface area contributed by atoms with Gasteiger partial charge in [0.25, 0.3) is 0 Å². The molecule has 150 valence electrons. The molecule has 3 atom stereocenters. The molecule has 1 saturated carbocycles. The van der Waals surface area contributed by atoms with Gasteiger partial charge in [0, 0.05) is 25.2 Å². The molecule has 2 aromatic rings. The van der Waals surface area contributed by atoms with E-state index in [4.69, 9.17) is 5.11 Å². The fourth-order valence-corrected chi connectivity index (χ4v) is 3.70. The van der Waals surface area contributed by atoms with Gasteiger partial charge >= 0.3 is 12.3 Å². The summed E-state index contributed by atoms with van der Waals surface area (Å²) in [6.07, 6.45) is -6.58. The smallest absolute Gasteiger partial charge is 0.417 e. The van der Waals surface area contributed by atoms with Crippen molar-refractivity contribution in [3.63, 3.8) is 0 Å². The lowest BCUT2D eigenvalue weighted by molar-refractivity contribution is -0.213. The molecule has 2 heterocycles. The van der Waals surface area contributed by atoms with Crippen LogP contribution >= 0.6 is 0 Å². The number of piperidine rings is 1. The van der Waals surface area contributed by atoms with Crippen LogP contribution in [0.1, 0.15) is 11.6 Å². The maximum Gasteiger partial charge on any atom is 0.417 e. The number of halogens is 4. The summed E-state index contributed by atoms with van der Waals surface area (Å²) < 4.78 is 56.0. The normalized spacial score (nSPS) is 24.8. The quantitative estimate of drug-likeness (QED) is 0.803. The summed E-state index contributed by atoms with van der Waals surface area (Å²) in [4.78, 5) is 13.2. The third kappa shape index (κ3) is 3.56. The van der Waals surface area contributed by atoms with Crippen LogP contribution < -0.4 is 0 Å². The second-order valence-corrected chi connectivity index (χ2v) is 7.05. The van der Waals surface area contributed by atoms with Crippen molar-refractivity contribution in [2.75, 3.05) is 19.7 Å². The summed E-state index contributed by atoms with van der Waals surface area (Å²) in [5.74, 6) is 0.197. The molecule has 3 unspecified atom stereocenters. The van der Waals surface area contributed by atoms with Gasteiger partial charge in [-0.2, -0.15) is 18.3 Å². The Kier molecular flexibility index (Phi) is 4.53. The van der Waals surface area contributed by atoms with E-state index in [1.807, 2.05) is 6.07 Å². The second-order valence-electron chi connectivity index (χ2n) is 7.05. The molecule has 0 bridgehead atoms. The zero-order valence-electron chi connectivity index (χ0n) is 14.5. The number of carbonyl (C=O) groups excluding carboxylic acids is 1. The highest BCUT2D eigenvalue weighted by atomic mass is 19.4. The number of rotatable bonds is 4. The average Bonchev–Trinajstić information content (AvgIpc) is 3.04. The molecular formula is C18H17F4N3O3. The van der Waals surface area contributed by atoms with Gasteiger partial charge in [0.2, 0.25) is 0 Å². The summed E-state index contributed by atoms with van der Waals surface area (Å²) in [7, 11) is 0. The van der Waals surface area contributed by atoms with Gasteiger partial charge < -0.3 is 14.7 Å². The predicted molar refractivity (Wildman–Crippen MR) is 88.2 cm³/mol. The first-order chi connectivity index (χ1) is 13.2. The van der Waals surface area contributed by atoms with Crippen LogP contribution in [0.25, 0.3) is 5.69 Å². The van der Waals surface area contributed by atoms with Crippen molar-refractivity contribution in [2.24, 2.45) is 11.8 Å². The van der Waals surface area contributed by atoms with Crippen molar-refractivity contribution < 1.29 is 32.2 Å². The zero-order chi connectivity index (χ0) is 20.1. The van der Waals surface area contributed by atoms with Crippen molar-refractivity contribution in [1.29, 1.82) is 0 Å². The van der Waals surface area contributed by atoms with Gasteiger partial charge in [-0.25, -0.2) is 13.9 Å². The van der Waals surface area contributed by atoms with Crippen LogP contribution in [-0.4, -0.2) is 57.9 Å². The van der Waals surface area contributed by atoms with Gasteiger partial charge in [-0.3, -0.25) is 0 Å². The van der Waals surface area contributed by atoms with Crippen molar-refractivity contribution in [3.8, 4) is 5.69 Å². The topological polar surface area (TPSA) is 67.6 Å². The fourth-order valence-electron chi connectivity index (χ4n) is 3.70. The third-order valence-electron chi connectivity index (χ3n) is 5.24. The molecule has 28 heavy (non-hydrogen) atoms. The third-order valence-corrected chi connectivity index (χ3v) is 5.24. The monoisotopic (exact) mass is 399 g/mol. The van der Waals surface area contributed by atoms with Gasteiger partial charge in [0.05, 0.1) is 11.4 Å². The highest BCUT2D eigenvalue weighted by molar-refractivity contribution is 5.68. The standard InChI is InChI=1S/C18H17F4N3O3/c19-10-1-3-11(4-2-10)25-6-5-14(23-25)16-12-7-24(8-13(12)16)17(27)28-9-15(26)18(20,21)22/h1-6,12-13,15-16,26H,7-9H2. The van der Waals surface area contributed by atoms with Crippen LogP contribution in [0, 0.1) is 17.7 Å². The Hall–Kier alpha value is -2.62. The minimum atomic E-state index is -4.82. The van der Waals surface area contributed by atoms with E-state index in [0.717, 1.165) is 11.4 Å². The Labute approximate surface area is 157 Å². The van der Waals surface area contributed by atoms with E-state index in [1.54, 1.807) is 23.0 Å². The van der Waals surface area contributed by atoms with Gasteiger partial charge in [-0.1, -0.05) is 0 Å². The number of likely N-dealkylation sites (tertiary alicyclic amines) is 1. The SMILES string of the molecule is O=C(OCC(O)C(F)(F)F)N1CC2C(C1)C2c1ccn(-c2ccc(F)cc2)n1. The Morgan fingerprint density at radius 1 is 1.21 bits per heavy atom. The molecular weight excluding hydrogens is 382 g/mol. The number of hydrogen-bond acceptors (Lipinski definition) is 4. The minimum Gasteiger partial charge on any atom is -0.446 e. The number of alkyl halides is 3. The molecule has 1 amide bonds. The molecule has 1 aliphatic carbocycles. The maximum absolute atomic E-state index is 13.0. The number of fused-ring (bicyclic) bond motifs is 1. The fraction of sp³-hybridized carbons (Fsp3) is 0.444. The number of hydrogen-bond donors (Lipinski definition) is 1. The van der Waals surface area contributed by atoms with Gasteiger partial charge in [-0.15, -0.1) is 0 Å². The van der Waals surface area contributed by atoms with E-state index >= 15 is 0 Å². The summed E-state index contributed by atoms with van der Waals surface area (Å²) in [6.45, 7) is -0.362. The highest BCUT2D eigenvalue weighted by Gasteiger charge is 2.58. The molecule has 1 aliphatic heterocycles. The lowest BCUT2D eigenvalue weighted by atomic mass is 10.2. The van der Waals surface area contributed by atoms with Crippen LogP contribution in [0.15, 0.2) is 36.5 Å². The van der Waals surface area contributed by atoms with Crippen LogP contribution in [0.5, 0.6) is 0 Å². The Balaban J connectivity index is 1.31. The summed E-state index contributed by atoms with van der Waals surface area (Å²) in [5.41, 5.74) is 1.59. The Bertz CT molecular complexity index is 856. The lowest BCUT2D eigenvalue weighted by Gasteiger charge is -2.21.